The van der Waals surface area contributed by atoms with Crippen LogP contribution in [0.15, 0.2) is 36.7 Å². The van der Waals surface area contributed by atoms with Gasteiger partial charge in [-0.05, 0) is 35.7 Å². The van der Waals surface area contributed by atoms with Crippen molar-refractivity contribution < 1.29 is 4.79 Å². The maximum atomic E-state index is 11.2. The summed E-state index contributed by atoms with van der Waals surface area (Å²) in [5.74, 6) is 0.0193. The highest BCUT2D eigenvalue weighted by molar-refractivity contribution is 6.17. The van der Waals surface area contributed by atoms with Crippen LogP contribution in [0.3, 0.4) is 0 Å². The molecule has 0 atom stereocenters. The second-order valence-electron chi connectivity index (χ2n) is 4.11. The number of pyridine rings is 1. The maximum absolute atomic E-state index is 11.2. The minimum Gasteiger partial charge on any atom is -0.366 e. The van der Waals surface area contributed by atoms with Crippen molar-refractivity contribution in [3.8, 4) is 11.1 Å². The van der Waals surface area contributed by atoms with E-state index in [2.05, 4.69) is 4.98 Å². The van der Waals surface area contributed by atoms with Gasteiger partial charge < -0.3 is 5.73 Å². The number of amides is 1. The first kappa shape index (κ1) is 15.5. The summed E-state index contributed by atoms with van der Waals surface area (Å²) in [5, 5.41) is 0. The zero-order valence-corrected chi connectivity index (χ0v) is 12.0. The van der Waals surface area contributed by atoms with Gasteiger partial charge in [-0.25, -0.2) is 0 Å². The molecule has 0 bridgehead atoms. The van der Waals surface area contributed by atoms with Gasteiger partial charge in [0.05, 0.1) is 0 Å². The number of nitrogens with two attached hydrogens (primary N) is 1. The molecule has 1 heterocycles. The average Bonchev–Trinajstić information content (AvgIpc) is 2.38. The van der Waals surface area contributed by atoms with Crippen LogP contribution in [-0.4, -0.2) is 10.9 Å². The smallest absolute Gasteiger partial charge is 0.248 e. The summed E-state index contributed by atoms with van der Waals surface area (Å²) in [6, 6.07) is 7.51. The quantitative estimate of drug-likeness (QED) is 0.884. The summed E-state index contributed by atoms with van der Waals surface area (Å²) in [7, 11) is 0. The molecule has 0 saturated heterocycles. The molecule has 0 aliphatic rings. The molecule has 1 aromatic carbocycles. The van der Waals surface area contributed by atoms with Crippen LogP contribution >= 0.6 is 24.0 Å². The molecular weight excluding hydrogens is 283 g/mol. The number of rotatable bonds is 3. The molecule has 1 aromatic heterocycles. The normalized spacial score (nSPS) is 9.79. The Balaban J connectivity index is 0.00000180. The number of benzene rings is 1. The highest BCUT2D eigenvalue weighted by Gasteiger charge is 2.07. The van der Waals surface area contributed by atoms with Crippen LogP contribution in [0.1, 0.15) is 21.5 Å². The first-order valence-electron chi connectivity index (χ1n) is 5.52. The number of aryl methyl sites for hydroxylation is 1. The summed E-state index contributed by atoms with van der Waals surface area (Å²) >= 11 is 5.78. The molecule has 0 fully saturated rings. The lowest BCUT2D eigenvalue weighted by molar-refractivity contribution is 0.1000. The van der Waals surface area contributed by atoms with Crippen LogP contribution in [0.5, 0.6) is 0 Å². The van der Waals surface area contributed by atoms with Gasteiger partial charge in [0.2, 0.25) is 5.91 Å². The molecule has 0 unspecified atom stereocenters. The Hall–Kier alpha value is -1.58. The Bertz CT molecular complexity index is 600. The Kier molecular flexibility index (Phi) is 5.33. The largest absolute Gasteiger partial charge is 0.366 e. The van der Waals surface area contributed by atoms with Crippen molar-refractivity contribution in [2.75, 3.05) is 0 Å². The summed E-state index contributed by atoms with van der Waals surface area (Å²) in [6.07, 6.45) is 3.51. The lowest BCUT2D eigenvalue weighted by Gasteiger charge is -2.07. The Labute approximate surface area is 123 Å². The molecule has 0 aliphatic heterocycles. The third kappa shape index (κ3) is 3.46. The predicted octanol–water partition coefficient (Wildman–Crippen LogP) is 3.32. The highest BCUT2D eigenvalue weighted by Crippen LogP contribution is 2.22. The van der Waals surface area contributed by atoms with Crippen LogP contribution in [0, 0.1) is 6.92 Å². The summed E-state index contributed by atoms with van der Waals surface area (Å²) in [4.78, 5) is 15.3. The van der Waals surface area contributed by atoms with E-state index in [-0.39, 0.29) is 12.4 Å². The van der Waals surface area contributed by atoms with Crippen LogP contribution in [0.25, 0.3) is 11.1 Å². The zero-order chi connectivity index (χ0) is 13.1. The van der Waals surface area contributed by atoms with E-state index in [1.54, 1.807) is 18.5 Å². The summed E-state index contributed by atoms with van der Waals surface area (Å²) < 4.78 is 0. The predicted molar refractivity (Wildman–Crippen MR) is 79.7 cm³/mol. The molecule has 0 radical (unpaired) electrons. The number of carbonyl (C=O) groups excluding carboxylic acids is 1. The number of hydrogen-bond acceptors (Lipinski definition) is 2. The fraction of sp³-hybridized carbons (Fsp3) is 0.143. The number of hydrogen-bond donors (Lipinski definition) is 1. The first-order valence-corrected chi connectivity index (χ1v) is 6.06. The Morgan fingerprint density at radius 3 is 2.58 bits per heavy atom. The number of alkyl halides is 1. The molecule has 0 saturated carbocycles. The third-order valence-corrected chi connectivity index (χ3v) is 3.08. The molecule has 1 amide bonds. The van der Waals surface area contributed by atoms with Crippen LogP contribution < -0.4 is 5.73 Å². The van der Waals surface area contributed by atoms with Gasteiger partial charge in [-0.3, -0.25) is 9.78 Å². The molecule has 2 aromatic rings. The van der Waals surface area contributed by atoms with Crippen molar-refractivity contribution in [1.29, 1.82) is 0 Å². The number of nitrogens with zero attached hydrogens (tertiary/aromatic N) is 1. The maximum Gasteiger partial charge on any atom is 0.248 e. The average molecular weight is 297 g/mol. The van der Waals surface area contributed by atoms with Crippen molar-refractivity contribution in [2.45, 2.75) is 12.8 Å². The van der Waals surface area contributed by atoms with E-state index in [9.17, 15) is 4.79 Å². The molecule has 0 aliphatic carbocycles. The molecule has 5 heteroatoms. The number of primary amides is 1. The molecule has 100 valence electrons. The van der Waals surface area contributed by atoms with Gasteiger partial charge in [-0.1, -0.05) is 12.1 Å². The zero-order valence-electron chi connectivity index (χ0n) is 10.4. The standard InChI is InChI=1S/C14H13ClN2O.ClH/c1-9-4-11(2-3-13(9)14(16)18)12-5-10(6-15)7-17-8-12;/h2-5,7-8H,6H2,1H3,(H2,16,18);1H. The van der Waals surface area contributed by atoms with Gasteiger partial charge in [0.25, 0.3) is 0 Å². The van der Waals surface area contributed by atoms with E-state index >= 15 is 0 Å². The molecule has 2 N–H and O–H groups in total. The summed E-state index contributed by atoms with van der Waals surface area (Å²) in [5.41, 5.74) is 9.62. The van der Waals surface area contributed by atoms with E-state index in [1.165, 1.54) is 0 Å². The van der Waals surface area contributed by atoms with Crippen molar-refractivity contribution in [3.05, 3.63) is 53.3 Å². The molecule has 2 rings (SSSR count). The van der Waals surface area contributed by atoms with Gasteiger partial charge in [-0.2, -0.15) is 0 Å². The van der Waals surface area contributed by atoms with Crippen molar-refractivity contribution in [2.24, 2.45) is 5.73 Å². The lowest BCUT2D eigenvalue weighted by Crippen LogP contribution is -2.12. The number of aromatic nitrogens is 1. The Morgan fingerprint density at radius 1 is 1.26 bits per heavy atom. The van der Waals surface area contributed by atoms with E-state index in [4.69, 9.17) is 17.3 Å². The molecule has 0 spiro atoms. The topological polar surface area (TPSA) is 56.0 Å². The van der Waals surface area contributed by atoms with Gasteiger partial charge in [-0.15, -0.1) is 24.0 Å². The van der Waals surface area contributed by atoms with E-state index in [1.807, 2.05) is 25.1 Å². The first-order chi connectivity index (χ1) is 8.61. The van der Waals surface area contributed by atoms with Gasteiger partial charge in [0.1, 0.15) is 0 Å². The monoisotopic (exact) mass is 296 g/mol. The molecule has 19 heavy (non-hydrogen) atoms. The number of carbonyl (C=O) groups is 1. The van der Waals surface area contributed by atoms with E-state index in [0.29, 0.717) is 11.4 Å². The second-order valence-corrected chi connectivity index (χ2v) is 4.38. The third-order valence-electron chi connectivity index (χ3n) is 2.77. The summed E-state index contributed by atoms with van der Waals surface area (Å²) in [6.45, 7) is 1.86. The van der Waals surface area contributed by atoms with Crippen molar-refractivity contribution in [1.82, 2.24) is 4.98 Å². The van der Waals surface area contributed by atoms with E-state index < -0.39 is 5.91 Å². The molecular formula is C14H14Cl2N2O. The van der Waals surface area contributed by atoms with Crippen molar-refractivity contribution in [3.63, 3.8) is 0 Å². The van der Waals surface area contributed by atoms with E-state index in [0.717, 1.165) is 22.3 Å². The minimum absolute atomic E-state index is 0. The van der Waals surface area contributed by atoms with Crippen molar-refractivity contribution >= 4 is 29.9 Å². The van der Waals surface area contributed by atoms with Gasteiger partial charge >= 0.3 is 0 Å². The van der Waals surface area contributed by atoms with Crippen LogP contribution in [-0.2, 0) is 5.88 Å². The fourth-order valence-corrected chi connectivity index (χ4v) is 1.98. The lowest BCUT2D eigenvalue weighted by atomic mass is 10.00. The minimum atomic E-state index is -0.410. The number of halogens is 2. The SMILES string of the molecule is Cc1cc(-c2cncc(CCl)c2)ccc1C(N)=O.Cl. The highest BCUT2D eigenvalue weighted by atomic mass is 35.5. The van der Waals surface area contributed by atoms with Gasteiger partial charge in [0.15, 0.2) is 0 Å². The van der Waals surface area contributed by atoms with Crippen LogP contribution in [0.2, 0.25) is 0 Å². The second kappa shape index (κ2) is 6.55. The van der Waals surface area contributed by atoms with Gasteiger partial charge in [0, 0.05) is 29.4 Å². The Morgan fingerprint density at radius 2 is 2.00 bits per heavy atom. The molecule has 3 nitrogen and oxygen atoms in total. The fourth-order valence-electron chi connectivity index (χ4n) is 1.84. The van der Waals surface area contributed by atoms with Crippen LogP contribution in [0.4, 0.5) is 0 Å².